The first-order valence-electron chi connectivity index (χ1n) is 7.52. The zero-order valence-corrected chi connectivity index (χ0v) is 14.1. The van der Waals surface area contributed by atoms with Crippen molar-refractivity contribution in [2.75, 3.05) is 12.8 Å². The molecule has 0 radical (unpaired) electrons. The number of methoxy groups -OCH3 is 1. The standard InChI is InChI=1S/C17H19N5OS/c1-23-15-3-2-13(18)8-12(15)10-22-17(24)21-9-11-4-6-19-16-14(11)5-7-20-16/h2-8H,9-10,18H2,1H3,(H,19,20)(H2,21,22,24). The Kier molecular flexibility index (Phi) is 4.81. The number of aromatic amines is 1. The molecule has 0 aliphatic carbocycles. The highest BCUT2D eigenvalue weighted by molar-refractivity contribution is 7.80. The second-order valence-corrected chi connectivity index (χ2v) is 5.73. The second-order valence-electron chi connectivity index (χ2n) is 5.32. The molecule has 0 amide bonds. The lowest BCUT2D eigenvalue weighted by molar-refractivity contribution is 0.409. The van der Waals surface area contributed by atoms with Crippen LogP contribution < -0.4 is 21.1 Å². The van der Waals surface area contributed by atoms with Crippen LogP contribution in [-0.4, -0.2) is 22.2 Å². The van der Waals surface area contributed by atoms with Gasteiger partial charge in [0.1, 0.15) is 11.4 Å². The third-order valence-electron chi connectivity index (χ3n) is 3.73. The molecule has 3 aromatic rings. The Balaban J connectivity index is 1.58. The molecule has 0 atom stereocenters. The molecule has 2 aromatic heterocycles. The summed E-state index contributed by atoms with van der Waals surface area (Å²) >= 11 is 5.35. The summed E-state index contributed by atoms with van der Waals surface area (Å²) in [5.41, 5.74) is 9.48. The average Bonchev–Trinajstić information content (AvgIpc) is 3.07. The monoisotopic (exact) mass is 341 g/mol. The molecule has 0 saturated heterocycles. The average molecular weight is 341 g/mol. The predicted molar refractivity (Wildman–Crippen MR) is 99.8 cm³/mol. The molecule has 2 heterocycles. The molecule has 24 heavy (non-hydrogen) atoms. The van der Waals surface area contributed by atoms with Gasteiger partial charge in [-0.1, -0.05) is 0 Å². The largest absolute Gasteiger partial charge is 0.496 e. The number of thiocarbonyl (C=S) groups is 1. The molecule has 0 spiro atoms. The highest BCUT2D eigenvalue weighted by Crippen LogP contribution is 2.20. The van der Waals surface area contributed by atoms with E-state index < -0.39 is 0 Å². The van der Waals surface area contributed by atoms with E-state index >= 15 is 0 Å². The van der Waals surface area contributed by atoms with Gasteiger partial charge >= 0.3 is 0 Å². The maximum atomic E-state index is 5.83. The summed E-state index contributed by atoms with van der Waals surface area (Å²) in [7, 11) is 1.64. The van der Waals surface area contributed by atoms with Crippen LogP contribution in [0, 0.1) is 0 Å². The van der Waals surface area contributed by atoms with Crippen molar-refractivity contribution in [1.29, 1.82) is 0 Å². The number of nitrogens with zero attached hydrogens (tertiary/aromatic N) is 1. The lowest BCUT2D eigenvalue weighted by Gasteiger charge is -2.13. The van der Waals surface area contributed by atoms with Crippen molar-refractivity contribution in [2.24, 2.45) is 0 Å². The Bertz CT molecular complexity index is 861. The maximum Gasteiger partial charge on any atom is 0.166 e. The van der Waals surface area contributed by atoms with E-state index in [0.29, 0.717) is 23.9 Å². The van der Waals surface area contributed by atoms with Crippen molar-refractivity contribution in [3.8, 4) is 5.75 Å². The first kappa shape index (κ1) is 16.1. The molecule has 5 N–H and O–H groups in total. The van der Waals surface area contributed by atoms with Crippen LogP contribution in [0.25, 0.3) is 11.0 Å². The number of ether oxygens (including phenoxy) is 1. The number of aromatic nitrogens is 2. The van der Waals surface area contributed by atoms with Crippen LogP contribution in [0.3, 0.4) is 0 Å². The maximum absolute atomic E-state index is 5.83. The van der Waals surface area contributed by atoms with Crippen LogP contribution in [0.4, 0.5) is 5.69 Å². The zero-order valence-electron chi connectivity index (χ0n) is 13.3. The number of hydrogen-bond acceptors (Lipinski definition) is 4. The van der Waals surface area contributed by atoms with Gasteiger partial charge in [-0.2, -0.15) is 0 Å². The Hall–Kier alpha value is -2.80. The van der Waals surface area contributed by atoms with Crippen LogP contribution in [0.15, 0.2) is 42.7 Å². The lowest BCUT2D eigenvalue weighted by atomic mass is 10.2. The van der Waals surface area contributed by atoms with Crippen molar-refractivity contribution >= 4 is 34.1 Å². The summed E-state index contributed by atoms with van der Waals surface area (Å²) in [6, 6.07) is 9.52. The Morgan fingerprint density at radius 1 is 1.21 bits per heavy atom. The molecule has 124 valence electrons. The van der Waals surface area contributed by atoms with Crippen molar-refractivity contribution in [3.63, 3.8) is 0 Å². The van der Waals surface area contributed by atoms with Crippen LogP contribution in [0.2, 0.25) is 0 Å². The minimum atomic E-state index is 0.538. The first-order valence-corrected chi connectivity index (χ1v) is 7.93. The number of pyridine rings is 1. The Labute approximate surface area is 145 Å². The van der Waals surface area contributed by atoms with Crippen molar-refractivity contribution in [2.45, 2.75) is 13.1 Å². The normalized spacial score (nSPS) is 10.5. The fourth-order valence-corrected chi connectivity index (χ4v) is 2.67. The number of benzene rings is 1. The number of hydrogen-bond donors (Lipinski definition) is 4. The van der Waals surface area contributed by atoms with Gasteiger partial charge in [-0.25, -0.2) is 4.98 Å². The van der Waals surface area contributed by atoms with Gasteiger partial charge in [0, 0.05) is 42.1 Å². The Morgan fingerprint density at radius 2 is 2.00 bits per heavy atom. The summed E-state index contributed by atoms with van der Waals surface area (Å²) < 4.78 is 5.33. The third-order valence-corrected chi connectivity index (χ3v) is 4.02. The molecule has 7 heteroatoms. The minimum Gasteiger partial charge on any atom is -0.496 e. The third kappa shape index (κ3) is 3.57. The number of nitrogens with one attached hydrogen (secondary N) is 3. The SMILES string of the molecule is COc1ccc(N)cc1CNC(=S)NCc1ccnc2[nH]ccc12. The zero-order chi connectivity index (χ0) is 16.9. The summed E-state index contributed by atoms with van der Waals surface area (Å²) in [6.07, 6.45) is 3.66. The van der Waals surface area contributed by atoms with Gasteiger partial charge in [0.05, 0.1) is 7.11 Å². The van der Waals surface area contributed by atoms with Crippen LogP contribution in [0.1, 0.15) is 11.1 Å². The van der Waals surface area contributed by atoms with E-state index in [4.69, 9.17) is 22.7 Å². The van der Waals surface area contributed by atoms with Gasteiger partial charge in [-0.3, -0.25) is 0 Å². The van der Waals surface area contributed by atoms with Gasteiger partial charge in [-0.15, -0.1) is 0 Å². The quantitative estimate of drug-likeness (QED) is 0.421. The molecule has 3 rings (SSSR count). The lowest BCUT2D eigenvalue weighted by Crippen LogP contribution is -2.34. The fourth-order valence-electron chi connectivity index (χ4n) is 2.52. The predicted octanol–water partition coefficient (Wildman–Crippen LogP) is 2.32. The number of anilines is 1. The molecule has 0 bridgehead atoms. The topological polar surface area (TPSA) is 88.0 Å². The second kappa shape index (κ2) is 7.18. The van der Waals surface area contributed by atoms with Gasteiger partial charge in [0.2, 0.25) is 0 Å². The molecule has 0 aliphatic rings. The minimum absolute atomic E-state index is 0.538. The molecule has 0 saturated carbocycles. The van der Waals surface area contributed by atoms with Crippen molar-refractivity contribution in [1.82, 2.24) is 20.6 Å². The van der Waals surface area contributed by atoms with Gasteiger partial charge in [0.25, 0.3) is 0 Å². The van der Waals surface area contributed by atoms with E-state index in [1.807, 2.05) is 36.5 Å². The molecule has 1 aromatic carbocycles. The molecular formula is C17H19N5OS. The molecular weight excluding hydrogens is 322 g/mol. The fraction of sp³-hybridized carbons (Fsp3) is 0.176. The van der Waals surface area contributed by atoms with Gasteiger partial charge in [-0.05, 0) is 48.1 Å². The number of nitrogen functional groups attached to an aromatic ring is 1. The molecule has 6 nitrogen and oxygen atoms in total. The van der Waals surface area contributed by atoms with Crippen molar-refractivity contribution in [3.05, 3.63) is 53.9 Å². The van der Waals surface area contributed by atoms with Gasteiger partial charge in [0.15, 0.2) is 5.11 Å². The van der Waals surface area contributed by atoms with E-state index in [2.05, 4.69) is 20.6 Å². The number of fused-ring (bicyclic) bond motifs is 1. The van der Waals surface area contributed by atoms with Crippen LogP contribution >= 0.6 is 12.2 Å². The smallest absolute Gasteiger partial charge is 0.166 e. The summed E-state index contributed by atoms with van der Waals surface area (Å²) in [6.45, 7) is 1.16. The van der Waals surface area contributed by atoms with E-state index in [1.54, 1.807) is 13.3 Å². The Morgan fingerprint density at radius 3 is 2.79 bits per heavy atom. The summed E-state index contributed by atoms with van der Waals surface area (Å²) in [5.74, 6) is 0.780. The van der Waals surface area contributed by atoms with Crippen LogP contribution in [0.5, 0.6) is 5.75 Å². The highest BCUT2D eigenvalue weighted by atomic mass is 32.1. The molecule has 0 unspecified atom stereocenters. The van der Waals surface area contributed by atoms with E-state index in [1.165, 1.54) is 0 Å². The van der Waals surface area contributed by atoms with E-state index in [0.717, 1.165) is 27.9 Å². The van der Waals surface area contributed by atoms with E-state index in [-0.39, 0.29) is 0 Å². The number of rotatable bonds is 5. The highest BCUT2D eigenvalue weighted by Gasteiger charge is 2.06. The van der Waals surface area contributed by atoms with Gasteiger partial charge < -0.3 is 26.1 Å². The summed E-state index contributed by atoms with van der Waals surface area (Å²) in [4.78, 5) is 7.37. The first-order chi connectivity index (χ1) is 11.7. The van der Waals surface area contributed by atoms with Crippen molar-refractivity contribution < 1.29 is 4.74 Å². The van der Waals surface area contributed by atoms with E-state index in [9.17, 15) is 0 Å². The molecule has 0 fully saturated rings. The molecule has 0 aliphatic heterocycles. The number of H-pyrrole nitrogens is 1. The number of nitrogens with two attached hydrogens (primary N) is 1. The van der Waals surface area contributed by atoms with Crippen LogP contribution in [-0.2, 0) is 13.1 Å². The summed E-state index contributed by atoms with van der Waals surface area (Å²) in [5, 5.41) is 8.04.